The van der Waals surface area contributed by atoms with Crippen molar-refractivity contribution >= 4 is 5.78 Å². The molecule has 0 spiro atoms. The largest absolute Gasteiger partial charge is 0.301 e. The Balaban J connectivity index is 2.41. The lowest BCUT2D eigenvalue weighted by molar-refractivity contribution is 0.0970. The number of hydrogen-bond acceptors (Lipinski definition) is 2. The third-order valence-corrected chi connectivity index (χ3v) is 4.03. The molecule has 0 bridgehead atoms. The summed E-state index contributed by atoms with van der Waals surface area (Å²) in [5.41, 5.74) is 0.611. The third kappa shape index (κ3) is 6.38. The van der Waals surface area contributed by atoms with E-state index in [1.54, 1.807) is 12.1 Å². The van der Waals surface area contributed by atoms with Gasteiger partial charge in [-0.05, 0) is 63.5 Å². The van der Waals surface area contributed by atoms with Gasteiger partial charge >= 0.3 is 0 Å². The average molecular weight is 293 g/mol. The second kappa shape index (κ2) is 9.67. The van der Waals surface area contributed by atoms with Crippen LogP contribution in [-0.2, 0) is 0 Å². The lowest BCUT2D eigenvalue weighted by Gasteiger charge is -2.28. The lowest BCUT2D eigenvalue weighted by Crippen LogP contribution is -2.34. The Morgan fingerprint density at radius 3 is 2.33 bits per heavy atom. The van der Waals surface area contributed by atoms with E-state index in [0.717, 1.165) is 25.9 Å². The summed E-state index contributed by atoms with van der Waals surface area (Å²) < 4.78 is 12.8. The molecule has 0 aliphatic carbocycles. The van der Waals surface area contributed by atoms with Crippen molar-refractivity contribution < 1.29 is 9.18 Å². The Hall–Kier alpha value is -1.22. The first-order valence-electron chi connectivity index (χ1n) is 8.11. The van der Waals surface area contributed by atoms with Crippen molar-refractivity contribution in [3.05, 3.63) is 35.6 Å². The van der Waals surface area contributed by atoms with Gasteiger partial charge in [0, 0.05) is 18.0 Å². The SMILES string of the molecule is CCCCN(CCCC(=O)c1ccc(F)cc1)C(C)CC. The van der Waals surface area contributed by atoms with Gasteiger partial charge in [0.15, 0.2) is 5.78 Å². The van der Waals surface area contributed by atoms with Crippen molar-refractivity contribution in [1.82, 2.24) is 4.90 Å². The van der Waals surface area contributed by atoms with Crippen LogP contribution in [0.15, 0.2) is 24.3 Å². The highest BCUT2D eigenvalue weighted by atomic mass is 19.1. The van der Waals surface area contributed by atoms with E-state index in [-0.39, 0.29) is 11.6 Å². The Kier molecular flexibility index (Phi) is 8.21. The Labute approximate surface area is 128 Å². The fourth-order valence-corrected chi connectivity index (χ4v) is 2.39. The quantitative estimate of drug-likeness (QED) is 0.583. The van der Waals surface area contributed by atoms with Crippen molar-refractivity contribution in [3.63, 3.8) is 0 Å². The number of halogens is 1. The number of rotatable bonds is 10. The fraction of sp³-hybridized carbons (Fsp3) is 0.611. The molecular weight excluding hydrogens is 265 g/mol. The maximum Gasteiger partial charge on any atom is 0.162 e. The van der Waals surface area contributed by atoms with Crippen molar-refractivity contribution in [3.8, 4) is 0 Å². The van der Waals surface area contributed by atoms with Gasteiger partial charge in [-0.1, -0.05) is 20.3 Å². The number of hydrogen-bond donors (Lipinski definition) is 0. The van der Waals surface area contributed by atoms with E-state index >= 15 is 0 Å². The van der Waals surface area contributed by atoms with Crippen molar-refractivity contribution in [2.24, 2.45) is 0 Å². The first kappa shape index (κ1) is 17.8. The molecule has 1 rings (SSSR count). The number of benzene rings is 1. The topological polar surface area (TPSA) is 20.3 Å². The van der Waals surface area contributed by atoms with E-state index in [2.05, 4.69) is 25.7 Å². The van der Waals surface area contributed by atoms with Crippen LogP contribution in [0.1, 0.15) is 63.2 Å². The molecule has 0 heterocycles. The van der Waals surface area contributed by atoms with Gasteiger partial charge < -0.3 is 4.90 Å². The van der Waals surface area contributed by atoms with E-state index in [1.807, 2.05) is 0 Å². The standard InChI is InChI=1S/C18H28FNO/c1-4-6-13-20(15(3)5-2)14-7-8-18(21)16-9-11-17(19)12-10-16/h9-12,15H,4-8,13-14H2,1-3H3. The number of ketones is 1. The van der Waals surface area contributed by atoms with Gasteiger partial charge in [-0.15, -0.1) is 0 Å². The Morgan fingerprint density at radius 2 is 1.76 bits per heavy atom. The molecule has 0 saturated carbocycles. The predicted octanol–water partition coefficient (Wildman–Crippen LogP) is 4.69. The molecule has 1 aromatic rings. The summed E-state index contributed by atoms with van der Waals surface area (Å²) in [6.45, 7) is 8.72. The van der Waals surface area contributed by atoms with E-state index in [1.165, 1.54) is 25.0 Å². The van der Waals surface area contributed by atoms with E-state index in [4.69, 9.17) is 0 Å². The maximum absolute atomic E-state index is 12.8. The summed E-state index contributed by atoms with van der Waals surface area (Å²) in [6.07, 6.45) is 4.93. The molecule has 2 nitrogen and oxygen atoms in total. The van der Waals surface area contributed by atoms with Crippen LogP contribution in [0, 0.1) is 5.82 Å². The van der Waals surface area contributed by atoms with Crippen LogP contribution in [0.3, 0.4) is 0 Å². The van der Waals surface area contributed by atoms with Crippen LogP contribution in [0.2, 0.25) is 0 Å². The summed E-state index contributed by atoms with van der Waals surface area (Å²) in [4.78, 5) is 14.5. The third-order valence-electron chi connectivity index (χ3n) is 4.03. The van der Waals surface area contributed by atoms with Gasteiger partial charge in [0.1, 0.15) is 5.82 Å². The van der Waals surface area contributed by atoms with Gasteiger partial charge in [0.2, 0.25) is 0 Å². The summed E-state index contributed by atoms with van der Waals surface area (Å²) in [5, 5.41) is 0. The van der Waals surface area contributed by atoms with Crippen LogP contribution in [0.5, 0.6) is 0 Å². The Bertz CT molecular complexity index is 416. The molecule has 1 aromatic carbocycles. The molecule has 0 N–H and O–H groups in total. The molecule has 0 fully saturated rings. The highest BCUT2D eigenvalue weighted by Gasteiger charge is 2.12. The molecule has 0 aromatic heterocycles. The van der Waals surface area contributed by atoms with Gasteiger partial charge in [0.05, 0.1) is 0 Å². The first-order valence-corrected chi connectivity index (χ1v) is 8.11. The summed E-state index contributed by atoms with van der Waals surface area (Å²) >= 11 is 0. The molecular formula is C18H28FNO. The average Bonchev–Trinajstić information content (AvgIpc) is 2.50. The van der Waals surface area contributed by atoms with Gasteiger partial charge in [0.25, 0.3) is 0 Å². The normalized spacial score (nSPS) is 12.6. The minimum absolute atomic E-state index is 0.106. The van der Waals surface area contributed by atoms with Crippen LogP contribution < -0.4 is 0 Å². The molecule has 3 heteroatoms. The van der Waals surface area contributed by atoms with E-state index < -0.39 is 0 Å². The minimum atomic E-state index is -0.297. The number of carbonyl (C=O) groups is 1. The zero-order chi connectivity index (χ0) is 15.7. The van der Waals surface area contributed by atoms with Gasteiger partial charge in [-0.2, -0.15) is 0 Å². The van der Waals surface area contributed by atoms with Gasteiger partial charge in [-0.3, -0.25) is 4.79 Å². The molecule has 0 saturated heterocycles. The molecule has 0 radical (unpaired) electrons. The lowest BCUT2D eigenvalue weighted by atomic mass is 10.1. The molecule has 118 valence electrons. The van der Waals surface area contributed by atoms with E-state index in [9.17, 15) is 9.18 Å². The van der Waals surface area contributed by atoms with Crippen molar-refractivity contribution in [2.45, 2.75) is 58.9 Å². The van der Waals surface area contributed by atoms with Crippen molar-refractivity contribution in [2.75, 3.05) is 13.1 Å². The minimum Gasteiger partial charge on any atom is -0.301 e. The first-order chi connectivity index (χ1) is 10.1. The zero-order valence-corrected chi connectivity index (χ0v) is 13.6. The number of Topliss-reactive ketones (excluding diaryl/α,β-unsaturated/α-hetero) is 1. The summed E-state index contributed by atoms with van der Waals surface area (Å²) in [7, 11) is 0. The number of carbonyl (C=O) groups excluding carboxylic acids is 1. The highest BCUT2D eigenvalue weighted by Crippen LogP contribution is 2.11. The molecule has 0 aliphatic heterocycles. The van der Waals surface area contributed by atoms with E-state index in [0.29, 0.717) is 18.0 Å². The molecule has 1 atom stereocenters. The molecule has 0 aliphatic rings. The maximum atomic E-state index is 12.8. The van der Waals surface area contributed by atoms with Crippen molar-refractivity contribution in [1.29, 1.82) is 0 Å². The van der Waals surface area contributed by atoms with Crippen LogP contribution in [0.4, 0.5) is 4.39 Å². The molecule has 21 heavy (non-hydrogen) atoms. The summed E-state index contributed by atoms with van der Waals surface area (Å²) in [5.74, 6) is -0.191. The monoisotopic (exact) mass is 293 g/mol. The van der Waals surface area contributed by atoms with Crippen LogP contribution in [0.25, 0.3) is 0 Å². The van der Waals surface area contributed by atoms with Crippen LogP contribution in [-0.4, -0.2) is 29.8 Å². The molecule has 0 amide bonds. The smallest absolute Gasteiger partial charge is 0.162 e. The number of unbranched alkanes of at least 4 members (excludes halogenated alkanes) is 1. The zero-order valence-electron chi connectivity index (χ0n) is 13.6. The molecule has 1 unspecified atom stereocenters. The fourth-order valence-electron chi connectivity index (χ4n) is 2.39. The summed E-state index contributed by atoms with van der Waals surface area (Å²) in [6, 6.07) is 6.40. The van der Waals surface area contributed by atoms with Gasteiger partial charge in [-0.25, -0.2) is 4.39 Å². The number of nitrogens with zero attached hydrogens (tertiary/aromatic N) is 1. The highest BCUT2D eigenvalue weighted by molar-refractivity contribution is 5.95. The Morgan fingerprint density at radius 1 is 1.14 bits per heavy atom. The predicted molar refractivity (Wildman–Crippen MR) is 86.2 cm³/mol. The second-order valence-corrected chi connectivity index (χ2v) is 5.68. The van der Waals surface area contributed by atoms with Crippen LogP contribution >= 0.6 is 0 Å². The second-order valence-electron chi connectivity index (χ2n) is 5.68.